The number of hydrogen-bond donors (Lipinski definition) is 1. The molecule has 0 saturated carbocycles. The van der Waals surface area contributed by atoms with E-state index in [9.17, 15) is 0 Å². The smallest absolute Gasteiger partial charge is 0.142 e. The highest BCUT2D eigenvalue weighted by Crippen LogP contribution is 2.30. The third-order valence-corrected chi connectivity index (χ3v) is 3.19. The lowest BCUT2D eigenvalue weighted by atomic mass is 10.1. The van der Waals surface area contributed by atoms with Crippen LogP contribution >= 0.6 is 0 Å². The number of nitrogen functional groups attached to an aromatic ring is 1. The van der Waals surface area contributed by atoms with Crippen molar-refractivity contribution in [3.63, 3.8) is 0 Å². The van der Waals surface area contributed by atoms with E-state index >= 15 is 0 Å². The average Bonchev–Trinajstić information content (AvgIpc) is 2.66. The predicted molar refractivity (Wildman–Crippen MR) is 71.1 cm³/mol. The van der Waals surface area contributed by atoms with E-state index in [0.717, 1.165) is 18.6 Å². The fourth-order valence-electron chi connectivity index (χ4n) is 2.19. The quantitative estimate of drug-likeness (QED) is 0.836. The summed E-state index contributed by atoms with van der Waals surface area (Å²) in [5.41, 5.74) is 6.39. The van der Waals surface area contributed by atoms with E-state index in [1.54, 1.807) is 13.2 Å². The SMILES string of the molecule is COc1ccc(OCC2CCC(C)(C)O2)cc1N. The van der Waals surface area contributed by atoms with Gasteiger partial charge in [-0.05, 0) is 38.8 Å². The largest absolute Gasteiger partial charge is 0.495 e. The van der Waals surface area contributed by atoms with Gasteiger partial charge in [-0.2, -0.15) is 0 Å². The van der Waals surface area contributed by atoms with Gasteiger partial charge in [-0.1, -0.05) is 0 Å². The molecule has 2 N–H and O–H groups in total. The molecule has 0 bridgehead atoms. The van der Waals surface area contributed by atoms with Crippen LogP contribution in [0.3, 0.4) is 0 Å². The highest BCUT2D eigenvalue weighted by Gasteiger charge is 2.31. The van der Waals surface area contributed by atoms with Crippen LogP contribution in [0.5, 0.6) is 11.5 Å². The number of benzene rings is 1. The zero-order valence-corrected chi connectivity index (χ0v) is 11.2. The Morgan fingerprint density at radius 1 is 1.44 bits per heavy atom. The Morgan fingerprint density at radius 3 is 2.78 bits per heavy atom. The lowest BCUT2D eigenvalue weighted by molar-refractivity contribution is -0.0326. The molecule has 0 aliphatic carbocycles. The van der Waals surface area contributed by atoms with E-state index in [4.69, 9.17) is 19.9 Å². The second-order valence-corrected chi connectivity index (χ2v) is 5.25. The molecule has 1 fully saturated rings. The maximum Gasteiger partial charge on any atom is 0.142 e. The second kappa shape index (κ2) is 5.06. The molecule has 1 aromatic carbocycles. The van der Waals surface area contributed by atoms with E-state index in [1.807, 2.05) is 12.1 Å². The summed E-state index contributed by atoms with van der Waals surface area (Å²) in [5.74, 6) is 1.42. The first-order chi connectivity index (χ1) is 8.50. The average molecular weight is 251 g/mol. The van der Waals surface area contributed by atoms with E-state index in [0.29, 0.717) is 18.0 Å². The normalized spacial score (nSPS) is 21.8. The number of hydrogen-bond acceptors (Lipinski definition) is 4. The third kappa shape index (κ3) is 3.07. The van der Waals surface area contributed by atoms with Gasteiger partial charge in [0.05, 0.1) is 24.5 Å². The van der Waals surface area contributed by atoms with Crippen molar-refractivity contribution in [2.75, 3.05) is 19.5 Å². The van der Waals surface area contributed by atoms with Crippen LogP contribution in [0.1, 0.15) is 26.7 Å². The molecule has 100 valence electrons. The number of ether oxygens (including phenoxy) is 3. The molecule has 1 heterocycles. The van der Waals surface area contributed by atoms with Crippen LogP contribution in [0.4, 0.5) is 5.69 Å². The standard InChI is InChI=1S/C14H21NO3/c1-14(2)7-6-11(18-14)9-17-10-4-5-13(16-3)12(15)8-10/h4-5,8,11H,6-7,9,15H2,1-3H3. The summed E-state index contributed by atoms with van der Waals surface area (Å²) in [5, 5.41) is 0. The van der Waals surface area contributed by atoms with Gasteiger partial charge in [-0.3, -0.25) is 0 Å². The molecule has 2 rings (SSSR count). The molecular weight excluding hydrogens is 230 g/mol. The van der Waals surface area contributed by atoms with E-state index in [1.165, 1.54) is 0 Å². The summed E-state index contributed by atoms with van der Waals surface area (Å²) in [6.07, 6.45) is 2.29. The Kier molecular flexibility index (Phi) is 3.66. The van der Waals surface area contributed by atoms with Gasteiger partial charge in [-0.15, -0.1) is 0 Å². The fourth-order valence-corrected chi connectivity index (χ4v) is 2.19. The predicted octanol–water partition coefficient (Wildman–Crippen LogP) is 2.61. The number of nitrogens with two attached hydrogens (primary N) is 1. The number of rotatable bonds is 4. The maximum atomic E-state index is 5.86. The number of anilines is 1. The molecule has 1 aliphatic rings. The van der Waals surface area contributed by atoms with E-state index < -0.39 is 0 Å². The molecule has 0 spiro atoms. The highest BCUT2D eigenvalue weighted by atomic mass is 16.6. The number of methoxy groups -OCH3 is 1. The first kappa shape index (κ1) is 13.0. The van der Waals surface area contributed by atoms with Gasteiger partial charge in [0.2, 0.25) is 0 Å². The molecule has 1 aromatic rings. The van der Waals surface area contributed by atoms with Crippen molar-refractivity contribution in [2.45, 2.75) is 38.4 Å². The third-order valence-electron chi connectivity index (χ3n) is 3.19. The molecular formula is C14H21NO3. The van der Waals surface area contributed by atoms with Crippen LogP contribution in [0.15, 0.2) is 18.2 Å². The van der Waals surface area contributed by atoms with Gasteiger partial charge in [0.1, 0.15) is 18.1 Å². The molecule has 4 heteroatoms. The van der Waals surface area contributed by atoms with E-state index in [-0.39, 0.29) is 11.7 Å². The summed E-state index contributed by atoms with van der Waals surface area (Å²) < 4.78 is 16.7. The molecule has 1 aliphatic heterocycles. The summed E-state index contributed by atoms with van der Waals surface area (Å²) in [4.78, 5) is 0. The topological polar surface area (TPSA) is 53.7 Å². The minimum absolute atomic E-state index is 0.0209. The highest BCUT2D eigenvalue weighted by molar-refractivity contribution is 5.56. The van der Waals surface area contributed by atoms with Gasteiger partial charge in [0.15, 0.2) is 0 Å². The van der Waals surface area contributed by atoms with Crippen molar-refractivity contribution in [3.8, 4) is 11.5 Å². The van der Waals surface area contributed by atoms with Gasteiger partial charge >= 0.3 is 0 Å². The first-order valence-corrected chi connectivity index (χ1v) is 6.24. The van der Waals surface area contributed by atoms with Crippen molar-refractivity contribution in [1.29, 1.82) is 0 Å². The molecule has 0 aromatic heterocycles. The Bertz CT molecular complexity index is 418. The molecule has 1 unspecified atom stereocenters. The van der Waals surface area contributed by atoms with E-state index in [2.05, 4.69) is 13.8 Å². The lowest BCUT2D eigenvalue weighted by Crippen LogP contribution is -2.23. The van der Waals surface area contributed by atoms with Crippen LogP contribution < -0.4 is 15.2 Å². The Hall–Kier alpha value is -1.42. The Labute approximate surface area is 108 Å². The van der Waals surface area contributed by atoms with Gasteiger partial charge < -0.3 is 19.9 Å². The molecule has 1 atom stereocenters. The van der Waals surface area contributed by atoms with Crippen LogP contribution in [-0.4, -0.2) is 25.4 Å². The molecule has 4 nitrogen and oxygen atoms in total. The zero-order valence-electron chi connectivity index (χ0n) is 11.2. The van der Waals surface area contributed by atoms with Crippen LogP contribution in [-0.2, 0) is 4.74 Å². The summed E-state index contributed by atoms with van der Waals surface area (Å²) in [6, 6.07) is 5.44. The zero-order chi connectivity index (χ0) is 13.2. The van der Waals surface area contributed by atoms with Crippen molar-refractivity contribution >= 4 is 5.69 Å². The van der Waals surface area contributed by atoms with Crippen molar-refractivity contribution in [1.82, 2.24) is 0 Å². The Balaban J connectivity index is 1.89. The van der Waals surface area contributed by atoms with Gasteiger partial charge in [0, 0.05) is 6.07 Å². The molecule has 0 radical (unpaired) electrons. The summed E-state index contributed by atoms with van der Waals surface area (Å²) in [7, 11) is 1.60. The van der Waals surface area contributed by atoms with Crippen LogP contribution in [0.25, 0.3) is 0 Å². The van der Waals surface area contributed by atoms with Crippen molar-refractivity contribution < 1.29 is 14.2 Å². The minimum Gasteiger partial charge on any atom is -0.495 e. The lowest BCUT2D eigenvalue weighted by Gasteiger charge is -2.19. The fraction of sp³-hybridized carbons (Fsp3) is 0.571. The molecule has 0 amide bonds. The second-order valence-electron chi connectivity index (χ2n) is 5.25. The summed E-state index contributed by atoms with van der Waals surface area (Å²) >= 11 is 0. The monoisotopic (exact) mass is 251 g/mol. The van der Waals surface area contributed by atoms with Crippen LogP contribution in [0, 0.1) is 0 Å². The van der Waals surface area contributed by atoms with Crippen molar-refractivity contribution in [2.24, 2.45) is 0 Å². The van der Waals surface area contributed by atoms with Gasteiger partial charge in [-0.25, -0.2) is 0 Å². The minimum atomic E-state index is -0.0209. The van der Waals surface area contributed by atoms with Crippen LogP contribution in [0.2, 0.25) is 0 Å². The Morgan fingerprint density at radius 2 is 2.22 bits per heavy atom. The maximum absolute atomic E-state index is 5.86. The molecule has 1 saturated heterocycles. The van der Waals surface area contributed by atoms with Gasteiger partial charge in [0.25, 0.3) is 0 Å². The summed E-state index contributed by atoms with van der Waals surface area (Å²) in [6.45, 7) is 4.78. The molecule has 18 heavy (non-hydrogen) atoms. The first-order valence-electron chi connectivity index (χ1n) is 6.24. The van der Waals surface area contributed by atoms with Crippen molar-refractivity contribution in [3.05, 3.63) is 18.2 Å².